The molecule has 0 fully saturated rings. The lowest BCUT2D eigenvalue weighted by molar-refractivity contribution is -0.119. The highest BCUT2D eigenvalue weighted by atomic mass is 19.1. The number of hydrogen-bond acceptors (Lipinski definition) is 7. The molecule has 8 nitrogen and oxygen atoms in total. The Kier molecular flexibility index (Phi) is 18.3. The quantitative estimate of drug-likeness (QED) is 0.308. The third-order valence-corrected chi connectivity index (χ3v) is 3.28. The molecule has 156 valence electrons. The highest BCUT2D eigenvalue weighted by Gasteiger charge is 2.16. The third kappa shape index (κ3) is 18.0. The summed E-state index contributed by atoms with van der Waals surface area (Å²) in [7, 11) is 1.88. The average Bonchev–Trinajstić information content (AvgIpc) is 2.62. The molecule has 0 rings (SSSR count). The number of nitrogens with one attached hydrogen (secondary N) is 2. The van der Waals surface area contributed by atoms with E-state index in [-0.39, 0.29) is 12.5 Å². The Morgan fingerprint density at radius 2 is 1.35 bits per heavy atom. The monoisotopic (exact) mass is 382 g/mol. The molecule has 2 atom stereocenters. The second kappa shape index (κ2) is 18.9. The Balaban J connectivity index is 3.22. The number of ether oxygens (including phenoxy) is 5. The van der Waals surface area contributed by atoms with Crippen molar-refractivity contribution in [2.24, 2.45) is 0 Å². The Morgan fingerprint density at radius 1 is 0.885 bits per heavy atom. The van der Waals surface area contributed by atoms with Gasteiger partial charge in [0.2, 0.25) is 5.91 Å². The first kappa shape index (κ1) is 25.2. The molecule has 26 heavy (non-hydrogen) atoms. The Bertz CT molecular complexity index is 326. The molecule has 0 bridgehead atoms. The summed E-state index contributed by atoms with van der Waals surface area (Å²) in [5.74, 6) is -0.258. The third-order valence-electron chi connectivity index (χ3n) is 3.28. The van der Waals surface area contributed by atoms with Crippen molar-refractivity contribution < 1.29 is 32.9 Å². The van der Waals surface area contributed by atoms with Gasteiger partial charge in [-0.25, -0.2) is 4.39 Å². The molecular weight excluding hydrogens is 347 g/mol. The van der Waals surface area contributed by atoms with Crippen LogP contribution < -0.4 is 10.6 Å². The van der Waals surface area contributed by atoms with Crippen LogP contribution in [0.15, 0.2) is 0 Å². The zero-order valence-corrected chi connectivity index (χ0v) is 16.3. The molecule has 0 aliphatic rings. The molecule has 0 spiro atoms. The molecule has 0 aromatic carbocycles. The van der Waals surface area contributed by atoms with Gasteiger partial charge < -0.3 is 34.3 Å². The number of likely N-dealkylation sites (N-methyl/N-ethyl adjacent to an activating group) is 1. The van der Waals surface area contributed by atoms with Crippen LogP contribution in [0.1, 0.15) is 13.8 Å². The molecule has 0 aliphatic heterocycles. The van der Waals surface area contributed by atoms with E-state index in [0.717, 1.165) is 6.54 Å². The zero-order chi connectivity index (χ0) is 19.5. The van der Waals surface area contributed by atoms with Crippen LogP contribution in [0.4, 0.5) is 4.39 Å². The van der Waals surface area contributed by atoms with Gasteiger partial charge in [0, 0.05) is 13.5 Å². The molecular formula is C17H35FN2O6. The van der Waals surface area contributed by atoms with E-state index in [9.17, 15) is 9.18 Å². The molecule has 0 aliphatic carbocycles. The number of halogens is 1. The minimum atomic E-state index is -1.24. The van der Waals surface area contributed by atoms with Crippen LogP contribution in [0.2, 0.25) is 0 Å². The highest BCUT2D eigenvalue weighted by molar-refractivity contribution is 5.72. The number of carbonyl (C=O) groups excluding carboxylic acids is 1. The smallest absolute Gasteiger partial charge is 0.216 e. The van der Waals surface area contributed by atoms with Gasteiger partial charge in [0.05, 0.1) is 72.1 Å². The summed E-state index contributed by atoms with van der Waals surface area (Å²) in [5, 5.41) is 5.41. The summed E-state index contributed by atoms with van der Waals surface area (Å²) in [6.07, 6.45) is -1.84. The predicted octanol–water partition coefficient (Wildman–Crippen LogP) is 0.152. The number of amides is 1. The summed E-state index contributed by atoms with van der Waals surface area (Å²) in [5.41, 5.74) is 0. The fourth-order valence-electron chi connectivity index (χ4n) is 1.74. The molecule has 0 aromatic rings. The largest absolute Gasteiger partial charge is 0.378 e. The lowest BCUT2D eigenvalue weighted by Gasteiger charge is -2.17. The van der Waals surface area contributed by atoms with E-state index in [1.165, 1.54) is 6.92 Å². The summed E-state index contributed by atoms with van der Waals surface area (Å²) >= 11 is 0. The van der Waals surface area contributed by atoms with Gasteiger partial charge in [0.25, 0.3) is 0 Å². The van der Waals surface area contributed by atoms with Crippen LogP contribution >= 0.6 is 0 Å². The van der Waals surface area contributed by atoms with Crippen LogP contribution in [0.3, 0.4) is 0 Å². The minimum absolute atomic E-state index is 0.0463. The maximum atomic E-state index is 13.6. The minimum Gasteiger partial charge on any atom is -0.378 e. The topological polar surface area (TPSA) is 87.3 Å². The van der Waals surface area contributed by atoms with Gasteiger partial charge in [-0.1, -0.05) is 0 Å². The molecule has 0 saturated carbocycles. The van der Waals surface area contributed by atoms with E-state index in [1.807, 2.05) is 7.05 Å². The van der Waals surface area contributed by atoms with Crippen molar-refractivity contribution in [1.29, 1.82) is 0 Å². The van der Waals surface area contributed by atoms with Crippen molar-refractivity contribution in [1.82, 2.24) is 10.6 Å². The van der Waals surface area contributed by atoms with E-state index in [0.29, 0.717) is 59.5 Å². The predicted molar refractivity (Wildman–Crippen MR) is 96.2 cm³/mol. The molecule has 0 heterocycles. The van der Waals surface area contributed by atoms with Gasteiger partial charge in [0.15, 0.2) is 0 Å². The Morgan fingerprint density at radius 3 is 1.81 bits per heavy atom. The van der Waals surface area contributed by atoms with E-state index in [1.54, 1.807) is 6.92 Å². The van der Waals surface area contributed by atoms with Gasteiger partial charge in [-0.15, -0.1) is 0 Å². The van der Waals surface area contributed by atoms with Crippen LogP contribution in [0, 0.1) is 0 Å². The second-order valence-electron chi connectivity index (χ2n) is 5.58. The number of alkyl halides is 1. The summed E-state index contributed by atoms with van der Waals surface area (Å²) in [6.45, 7) is 8.14. The van der Waals surface area contributed by atoms with Crippen LogP contribution in [-0.2, 0) is 28.5 Å². The second-order valence-corrected chi connectivity index (χ2v) is 5.58. The fourth-order valence-corrected chi connectivity index (χ4v) is 1.74. The fraction of sp³-hybridized carbons (Fsp3) is 0.941. The first-order valence-electron chi connectivity index (χ1n) is 9.03. The Labute approximate surface area is 156 Å². The number of hydrogen-bond donors (Lipinski definition) is 2. The molecule has 0 aromatic heterocycles. The zero-order valence-electron chi connectivity index (χ0n) is 16.3. The molecule has 1 amide bonds. The summed E-state index contributed by atoms with van der Waals surface area (Å²) < 4.78 is 40.3. The lowest BCUT2D eigenvalue weighted by Crippen LogP contribution is -2.35. The van der Waals surface area contributed by atoms with Crippen LogP contribution in [0.5, 0.6) is 0 Å². The maximum absolute atomic E-state index is 13.6. The maximum Gasteiger partial charge on any atom is 0.216 e. The van der Waals surface area contributed by atoms with Gasteiger partial charge in [-0.2, -0.15) is 0 Å². The van der Waals surface area contributed by atoms with Gasteiger partial charge in [0.1, 0.15) is 6.17 Å². The normalized spacial score (nSPS) is 13.5. The van der Waals surface area contributed by atoms with Crippen molar-refractivity contribution in [2.75, 3.05) is 79.6 Å². The SMILES string of the molecule is CNCCOCCOCCOCCOCCOC(C)C(F)CNC(C)=O. The molecule has 2 N–H and O–H groups in total. The van der Waals surface area contributed by atoms with E-state index < -0.39 is 12.3 Å². The van der Waals surface area contributed by atoms with Gasteiger partial charge >= 0.3 is 0 Å². The number of carbonyl (C=O) groups is 1. The van der Waals surface area contributed by atoms with E-state index in [4.69, 9.17) is 23.7 Å². The van der Waals surface area contributed by atoms with Crippen molar-refractivity contribution in [2.45, 2.75) is 26.1 Å². The lowest BCUT2D eigenvalue weighted by atomic mass is 10.2. The first-order chi connectivity index (χ1) is 12.6. The standard InChI is InChI=1S/C17H35FN2O6/c1-15(17(18)14-20-16(2)21)26-13-12-25-11-10-24-9-8-23-7-6-22-5-4-19-3/h15,17,19H,4-14H2,1-3H3,(H,20,21). The van der Waals surface area contributed by atoms with Crippen LogP contribution in [-0.4, -0.2) is 97.8 Å². The van der Waals surface area contributed by atoms with Gasteiger partial charge in [-0.3, -0.25) is 4.79 Å². The van der Waals surface area contributed by atoms with Crippen LogP contribution in [0.25, 0.3) is 0 Å². The molecule has 0 radical (unpaired) electrons. The first-order valence-corrected chi connectivity index (χ1v) is 9.03. The highest BCUT2D eigenvalue weighted by Crippen LogP contribution is 2.02. The summed E-state index contributed by atoms with van der Waals surface area (Å²) in [6, 6.07) is 0. The average molecular weight is 382 g/mol. The summed E-state index contributed by atoms with van der Waals surface area (Å²) in [4.78, 5) is 10.7. The van der Waals surface area contributed by atoms with Crippen molar-refractivity contribution >= 4 is 5.91 Å². The van der Waals surface area contributed by atoms with E-state index in [2.05, 4.69) is 10.6 Å². The molecule has 0 saturated heterocycles. The Hall–Kier alpha value is -0.840. The van der Waals surface area contributed by atoms with E-state index >= 15 is 0 Å². The van der Waals surface area contributed by atoms with Crippen molar-refractivity contribution in [3.8, 4) is 0 Å². The molecule has 9 heteroatoms. The number of rotatable bonds is 19. The van der Waals surface area contributed by atoms with Gasteiger partial charge in [-0.05, 0) is 14.0 Å². The molecule has 2 unspecified atom stereocenters. The van der Waals surface area contributed by atoms with Crippen molar-refractivity contribution in [3.63, 3.8) is 0 Å². The van der Waals surface area contributed by atoms with Crippen molar-refractivity contribution in [3.05, 3.63) is 0 Å².